The quantitative estimate of drug-likeness (QED) is 0.764. The van der Waals surface area contributed by atoms with Crippen molar-refractivity contribution < 1.29 is 23.5 Å². The first-order valence-corrected chi connectivity index (χ1v) is 9.30. The van der Waals surface area contributed by atoms with Gasteiger partial charge in [0.2, 0.25) is 0 Å². The molecule has 29 heavy (non-hydrogen) atoms. The summed E-state index contributed by atoms with van der Waals surface area (Å²) in [5, 5.41) is 9.01. The van der Waals surface area contributed by atoms with E-state index in [0.717, 1.165) is 24.1 Å². The average molecular weight is 402 g/mol. The molecular weight excluding hydrogens is 379 g/mol. The molecule has 3 rings (SSSR count). The number of ether oxygens (including phenoxy) is 1. The van der Waals surface area contributed by atoms with Gasteiger partial charge in [0.05, 0.1) is 5.69 Å². The summed E-state index contributed by atoms with van der Waals surface area (Å²) in [6.45, 7) is 4.72. The number of rotatable bonds is 4. The van der Waals surface area contributed by atoms with Gasteiger partial charge in [0.15, 0.2) is 12.3 Å². The summed E-state index contributed by atoms with van der Waals surface area (Å²) < 4.78 is 19.9. The Morgan fingerprint density at radius 1 is 1.17 bits per heavy atom. The van der Waals surface area contributed by atoms with Gasteiger partial charge in [-0.2, -0.15) is 5.10 Å². The minimum Gasteiger partial charge on any atom is -0.451 e. The molecule has 9 heteroatoms. The van der Waals surface area contributed by atoms with E-state index in [4.69, 9.17) is 4.74 Å². The molecule has 0 unspecified atom stereocenters. The molecule has 0 fully saturated rings. The van der Waals surface area contributed by atoms with E-state index in [1.807, 2.05) is 0 Å². The number of benzene rings is 1. The zero-order valence-electron chi connectivity index (χ0n) is 16.5. The van der Waals surface area contributed by atoms with Gasteiger partial charge < -0.3 is 10.1 Å². The third-order valence-corrected chi connectivity index (χ3v) is 4.27. The molecular formula is C20H23FN4O4. The maximum absolute atomic E-state index is 13.2. The number of nitrogens with one attached hydrogen (secondary N) is 2. The molecule has 0 aliphatic heterocycles. The monoisotopic (exact) mass is 402 g/mol. The molecule has 1 aromatic carbocycles. The van der Waals surface area contributed by atoms with Gasteiger partial charge in [0.1, 0.15) is 5.82 Å². The Bertz CT molecular complexity index is 945. The molecule has 0 bridgehead atoms. The minimum absolute atomic E-state index is 0.133. The normalized spacial score (nSPS) is 13.0. The number of esters is 1. The second-order valence-corrected chi connectivity index (χ2v) is 7.84. The summed E-state index contributed by atoms with van der Waals surface area (Å²) in [6, 6.07) is 5.14. The molecule has 154 valence electrons. The van der Waals surface area contributed by atoms with E-state index in [1.165, 1.54) is 12.1 Å². The van der Waals surface area contributed by atoms with Gasteiger partial charge in [-0.15, -0.1) is 0 Å². The molecule has 0 atom stereocenters. The fourth-order valence-corrected chi connectivity index (χ4v) is 3.13. The first kappa shape index (κ1) is 20.5. The van der Waals surface area contributed by atoms with Crippen molar-refractivity contribution in [3.05, 3.63) is 47.0 Å². The van der Waals surface area contributed by atoms with E-state index < -0.39 is 30.1 Å². The number of fused-ring (bicyclic) bond motifs is 1. The summed E-state index contributed by atoms with van der Waals surface area (Å²) >= 11 is 0. The second kappa shape index (κ2) is 8.02. The zero-order valence-corrected chi connectivity index (χ0v) is 16.5. The number of carbonyl (C=O) groups is 3. The highest BCUT2D eigenvalue weighted by Crippen LogP contribution is 2.28. The Balaban J connectivity index is 1.67. The van der Waals surface area contributed by atoms with Gasteiger partial charge in [-0.05, 0) is 64.3 Å². The fourth-order valence-electron chi connectivity index (χ4n) is 3.13. The van der Waals surface area contributed by atoms with Crippen LogP contribution in [0.25, 0.3) is 5.69 Å². The van der Waals surface area contributed by atoms with Gasteiger partial charge >= 0.3 is 12.0 Å². The van der Waals surface area contributed by atoms with Crippen molar-refractivity contribution in [1.82, 2.24) is 20.4 Å². The number of halogens is 1. The highest BCUT2D eigenvalue weighted by Gasteiger charge is 2.28. The van der Waals surface area contributed by atoms with E-state index in [1.54, 1.807) is 37.6 Å². The van der Waals surface area contributed by atoms with Crippen molar-refractivity contribution in [2.24, 2.45) is 0 Å². The van der Waals surface area contributed by atoms with E-state index >= 15 is 0 Å². The third kappa shape index (κ3) is 4.98. The van der Waals surface area contributed by atoms with Crippen LogP contribution in [0.1, 0.15) is 48.9 Å². The highest BCUT2D eigenvalue weighted by atomic mass is 19.1. The van der Waals surface area contributed by atoms with Crippen LogP contribution in [-0.4, -0.2) is 39.8 Å². The molecule has 3 amide bonds. The molecule has 1 heterocycles. The molecule has 1 aromatic heterocycles. The predicted octanol–water partition coefficient (Wildman–Crippen LogP) is 2.28. The van der Waals surface area contributed by atoms with Crippen molar-refractivity contribution in [2.45, 2.75) is 45.6 Å². The van der Waals surface area contributed by atoms with Crippen molar-refractivity contribution in [3.8, 4) is 5.69 Å². The van der Waals surface area contributed by atoms with Crippen molar-refractivity contribution >= 4 is 17.9 Å². The Labute approximate surface area is 167 Å². The molecule has 8 nitrogen and oxygen atoms in total. The zero-order chi connectivity index (χ0) is 21.2. The topological polar surface area (TPSA) is 102 Å². The SMILES string of the molecule is CC(C)(C)NC(=O)NC(=O)COC(=O)c1nn(-c2ccc(F)cc2)c2c1CCC2. The Kier molecular flexibility index (Phi) is 5.67. The molecule has 0 saturated heterocycles. The van der Waals surface area contributed by atoms with Crippen LogP contribution in [0.15, 0.2) is 24.3 Å². The molecule has 1 aliphatic rings. The number of amides is 3. The minimum atomic E-state index is -0.741. The van der Waals surface area contributed by atoms with Crippen LogP contribution < -0.4 is 10.6 Å². The smallest absolute Gasteiger partial charge is 0.359 e. The molecule has 0 spiro atoms. The lowest BCUT2D eigenvalue weighted by Crippen LogP contribution is -2.49. The fraction of sp³-hybridized carbons (Fsp3) is 0.400. The Morgan fingerprint density at radius 3 is 2.52 bits per heavy atom. The highest BCUT2D eigenvalue weighted by molar-refractivity contribution is 5.97. The summed E-state index contributed by atoms with van der Waals surface area (Å²) in [5.74, 6) is -1.84. The van der Waals surface area contributed by atoms with Crippen molar-refractivity contribution in [2.75, 3.05) is 6.61 Å². The number of hydrogen-bond donors (Lipinski definition) is 2. The number of carbonyl (C=O) groups excluding carboxylic acids is 3. The van der Waals surface area contributed by atoms with Crippen LogP contribution in [-0.2, 0) is 22.4 Å². The molecule has 0 saturated carbocycles. The van der Waals surface area contributed by atoms with Gasteiger partial charge in [-0.1, -0.05) is 0 Å². The van der Waals surface area contributed by atoms with Crippen LogP contribution in [0.3, 0.4) is 0 Å². The first-order valence-electron chi connectivity index (χ1n) is 9.30. The van der Waals surface area contributed by atoms with E-state index in [2.05, 4.69) is 15.7 Å². The average Bonchev–Trinajstić information content (AvgIpc) is 3.21. The summed E-state index contributed by atoms with van der Waals surface area (Å²) in [6.07, 6.45) is 2.27. The Hall–Kier alpha value is -3.23. The summed E-state index contributed by atoms with van der Waals surface area (Å²) in [7, 11) is 0. The maximum Gasteiger partial charge on any atom is 0.359 e. The maximum atomic E-state index is 13.2. The largest absolute Gasteiger partial charge is 0.451 e. The first-order chi connectivity index (χ1) is 13.6. The van der Waals surface area contributed by atoms with Gasteiger partial charge in [-0.25, -0.2) is 18.7 Å². The lowest BCUT2D eigenvalue weighted by Gasteiger charge is -2.20. The lowest BCUT2D eigenvalue weighted by atomic mass is 10.1. The van der Waals surface area contributed by atoms with E-state index in [0.29, 0.717) is 12.1 Å². The van der Waals surface area contributed by atoms with E-state index in [-0.39, 0.29) is 11.5 Å². The molecule has 2 aromatic rings. The van der Waals surface area contributed by atoms with Crippen LogP contribution in [0, 0.1) is 5.82 Å². The predicted molar refractivity (Wildman–Crippen MR) is 102 cm³/mol. The molecule has 2 N–H and O–H groups in total. The van der Waals surface area contributed by atoms with Crippen molar-refractivity contribution in [1.29, 1.82) is 0 Å². The third-order valence-electron chi connectivity index (χ3n) is 4.27. The van der Waals surface area contributed by atoms with Crippen LogP contribution >= 0.6 is 0 Å². The number of aromatic nitrogens is 2. The second-order valence-electron chi connectivity index (χ2n) is 7.84. The standard InChI is InChI=1S/C20H23FN4O4/c1-20(2,3)23-19(28)22-16(26)11-29-18(27)17-14-5-4-6-15(14)25(24-17)13-9-7-12(21)8-10-13/h7-10H,4-6,11H2,1-3H3,(H2,22,23,26,28). The van der Waals surface area contributed by atoms with Crippen LogP contribution in [0.5, 0.6) is 0 Å². The summed E-state index contributed by atoms with van der Waals surface area (Å²) in [4.78, 5) is 36.0. The molecule has 1 aliphatic carbocycles. The number of imide groups is 1. The lowest BCUT2D eigenvalue weighted by molar-refractivity contribution is -0.123. The van der Waals surface area contributed by atoms with Gasteiger partial charge in [0.25, 0.3) is 5.91 Å². The van der Waals surface area contributed by atoms with Gasteiger partial charge in [-0.3, -0.25) is 10.1 Å². The van der Waals surface area contributed by atoms with Crippen LogP contribution in [0.4, 0.5) is 9.18 Å². The number of hydrogen-bond acceptors (Lipinski definition) is 5. The summed E-state index contributed by atoms with van der Waals surface area (Å²) in [5.41, 5.74) is 1.91. The van der Waals surface area contributed by atoms with Crippen molar-refractivity contribution in [3.63, 3.8) is 0 Å². The van der Waals surface area contributed by atoms with Crippen LogP contribution in [0.2, 0.25) is 0 Å². The van der Waals surface area contributed by atoms with Gasteiger partial charge in [0, 0.05) is 16.8 Å². The Morgan fingerprint density at radius 2 is 1.86 bits per heavy atom. The number of nitrogens with zero attached hydrogens (tertiary/aromatic N) is 2. The van der Waals surface area contributed by atoms with E-state index in [9.17, 15) is 18.8 Å². The molecule has 0 radical (unpaired) electrons. The number of urea groups is 1.